The van der Waals surface area contributed by atoms with Crippen LogP contribution >= 0.6 is 12.4 Å². The quantitative estimate of drug-likeness (QED) is 0.361. The minimum atomic E-state index is -0.233. The third-order valence-electron chi connectivity index (χ3n) is 6.10. The van der Waals surface area contributed by atoms with Crippen molar-refractivity contribution in [2.45, 2.75) is 0 Å². The number of aromatic nitrogens is 2. The maximum atomic E-state index is 13.0. The normalized spacial score (nSPS) is 13.7. The number of rotatable bonds is 8. The maximum absolute atomic E-state index is 13.0. The number of anilines is 1. The van der Waals surface area contributed by atoms with Gasteiger partial charge in [-0.25, -0.2) is 4.98 Å². The Hall–Kier alpha value is -3.59. The van der Waals surface area contributed by atoms with Gasteiger partial charge in [-0.3, -0.25) is 9.69 Å². The predicted octanol–water partition coefficient (Wildman–Crippen LogP) is 4.62. The molecule has 9 heteroatoms. The van der Waals surface area contributed by atoms with Gasteiger partial charge in [0.2, 0.25) is 0 Å². The predicted molar refractivity (Wildman–Crippen MR) is 142 cm³/mol. The molecular weight excluding hydrogens is 480 g/mol. The van der Waals surface area contributed by atoms with Crippen molar-refractivity contribution in [2.24, 2.45) is 0 Å². The molecule has 188 valence electrons. The average Bonchev–Trinajstić information content (AvgIpc) is 3.33. The molecule has 1 aliphatic heterocycles. The van der Waals surface area contributed by atoms with Crippen molar-refractivity contribution in [3.63, 3.8) is 0 Å². The number of fused-ring (bicyclic) bond motifs is 1. The molecule has 4 aromatic rings. The third-order valence-corrected chi connectivity index (χ3v) is 6.10. The zero-order valence-electron chi connectivity index (χ0n) is 20.0. The van der Waals surface area contributed by atoms with Crippen molar-refractivity contribution in [2.75, 3.05) is 51.9 Å². The number of aromatic amines is 1. The first-order valence-electron chi connectivity index (χ1n) is 11.7. The number of nitrogens with zero attached hydrogens (tertiary/aromatic N) is 2. The number of carbonyl (C=O) groups excluding carboxylic acids is 1. The van der Waals surface area contributed by atoms with E-state index in [9.17, 15) is 4.79 Å². The summed E-state index contributed by atoms with van der Waals surface area (Å²) in [5, 5.41) is 3.68. The minimum absolute atomic E-state index is 0. The second-order valence-electron chi connectivity index (χ2n) is 8.30. The molecule has 36 heavy (non-hydrogen) atoms. The minimum Gasteiger partial charge on any atom is -0.495 e. The van der Waals surface area contributed by atoms with Crippen LogP contribution in [-0.4, -0.2) is 67.3 Å². The molecule has 0 spiro atoms. The van der Waals surface area contributed by atoms with E-state index in [-0.39, 0.29) is 18.3 Å². The van der Waals surface area contributed by atoms with E-state index < -0.39 is 0 Å². The lowest BCUT2D eigenvalue weighted by Gasteiger charge is -2.26. The molecule has 0 aliphatic carbocycles. The van der Waals surface area contributed by atoms with Gasteiger partial charge in [-0.2, -0.15) is 0 Å². The fraction of sp³-hybridized carbons (Fsp3) is 0.259. The first-order chi connectivity index (χ1) is 17.2. The van der Waals surface area contributed by atoms with E-state index >= 15 is 0 Å². The number of hydrogen-bond donors (Lipinski definition) is 2. The Morgan fingerprint density at radius 3 is 2.67 bits per heavy atom. The molecule has 0 saturated carbocycles. The molecule has 2 aromatic carbocycles. The number of ether oxygens (including phenoxy) is 3. The Kier molecular flexibility index (Phi) is 8.43. The molecule has 1 amide bonds. The number of pyridine rings is 1. The summed E-state index contributed by atoms with van der Waals surface area (Å²) in [5.74, 6) is 1.20. The SMILES string of the molecule is COc1ccccc1NC(=O)c1c[nH]c2ncc(-c3ccc(OCCN4CCOCC4)cc3)cc12.Cl. The van der Waals surface area contributed by atoms with Crippen LogP contribution in [0, 0.1) is 0 Å². The molecule has 1 aliphatic rings. The number of para-hydroxylation sites is 2. The summed E-state index contributed by atoms with van der Waals surface area (Å²) >= 11 is 0. The van der Waals surface area contributed by atoms with Crippen LogP contribution in [0.4, 0.5) is 5.69 Å². The molecule has 0 bridgehead atoms. The van der Waals surface area contributed by atoms with Crippen LogP contribution in [0.3, 0.4) is 0 Å². The molecule has 8 nitrogen and oxygen atoms in total. The molecule has 0 unspecified atom stereocenters. The number of methoxy groups -OCH3 is 1. The lowest BCUT2D eigenvalue weighted by atomic mass is 10.1. The highest BCUT2D eigenvalue weighted by atomic mass is 35.5. The number of carbonyl (C=O) groups is 1. The van der Waals surface area contributed by atoms with Crippen LogP contribution in [0.1, 0.15) is 10.4 Å². The van der Waals surface area contributed by atoms with Gasteiger partial charge in [-0.1, -0.05) is 24.3 Å². The number of benzene rings is 2. The average molecular weight is 509 g/mol. The molecule has 1 fully saturated rings. The number of morpholine rings is 1. The molecule has 0 radical (unpaired) electrons. The Balaban J connectivity index is 0.00000304. The molecular formula is C27H29ClN4O4. The highest BCUT2D eigenvalue weighted by Crippen LogP contribution is 2.28. The topological polar surface area (TPSA) is 88.7 Å². The van der Waals surface area contributed by atoms with Crippen LogP contribution in [0.15, 0.2) is 67.0 Å². The van der Waals surface area contributed by atoms with Gasteiger partial charge >= 0.3 is 0 Å². The second-order valence-corrected chi connectivity index (χ2v) is 8.30. The first-order valence-corrected chi connectivity index (χ1v) is 11.7. The van der Waals surface area contributed by atoms with Crippen molar-refractivity contribution < 1.29 is 19.0 Å². The summed E-state index contributed by atoms with van der Waals surface area (Å²) in [6.07, 6.45) is 3.48. The van der Waals surface area contributed by atoms with E-state index in [4.69, 9.17) is 14.2 Å². The zero-order valence-corrected chi connectivity index (χ0v) is 20.8. The van der Waals surface area contributed by atoms with Gasteiger partial charge in [0, 0.05) is 43.0 Å². The van der Waals surface area contributed by atoms with E-state index in [0.29, 0.717) is 29.3 Å². The fourth-order valence-electron chi connectivity index (χ4n) is 4.15. The van der Waals surface area contributed by atoms with E-state index in [2.05, 4.69) is 20.2 Å². The summed E-state index contributed by atoms with van der Waals surface area (Å²) in [6, 6.07) is 17.2. The monoisotopic (exact) mass is 508 g/mol. The van der Waals surface area contributed by atoms with Gasteiger partial charge in [-0.05, 0) is 35.9 Å². The number of amides is 1. The standard InChI is InChI=1S/C27H28N4O4.ClH/c1-33-25-5-3-2-4-24(25)30-27(32)23-18-29-26-22(23)16-20(17-28-26)19-6-8-21(9-7-19)35-15-12-31-10-13-34-14-11-31;/h2-9,16-18H,10-15H2,1H3,(H,28,29)(H,30,32);1H. The number of nitrogens with one attached hydrogen (secondary N) is 2. The van der Waals surface area contributed by atoms with Gasteiger partial charge in [0.1, 0.15) is 23.8 Å². The Labute approximate surface area is 216 Å². The van der Waals surface area contributed by atoms with E-state index in [1.165, 1.54) is 0 Å². The molecule has 2 N–H and O–H groups in total. The van der Waals surface area contributed by atoms with Crippen molar-refractivity contribution in [1.82, 2.24) is 14.9 Å². The summed E-state index contributed by atoms with van der Waals surface area (Å²) in [7, 11) is 1.58. The largest absolute Gasteiger partial charge is 0.495 e. The van der Waals surface area contributed by atoms with Crippen molar-refractivity contribution >= 4 is 35.0 Å². The van der Waals surface area contributed by atoms with Crippen LogP contribution in [0.25, 0.3) is 22.2 Å². The lowest BCUT2D eigenvalue weighted by Crippen LogP contribution is -2.38. The van der Waals surface area contributed by atoms with Crippen molar-refractivity contribution in [3.8, 4) is 22.6 Å². The molecule has 2 aromatic heterocycles. The van der Waals surface area contributed by atoms with Crippen LogP contribution < -0.4 is 14.8 Å². The first kappa shape index (κ1) is 25.5. The summed E-state index contributed by atoms with van der Waals surface area (Å²) in [6.45, 7) is 5.02. The molecule has 3 heterocycles. The van der Waals surface area contributed by atoms with Crippen LogP contribution in [0.2, 0.25) is 0 Å². The van der Waals surface area contributed by atoms with Crippen LogP contribution in [-0.2, 0) is 4.74 Å². The van der Waals surface area contributed by atoms with Crippen LogP contribution in [0.5, 0.6) is 11.5 Å². The third kappa shape index (κ3) is 5.79. The maximum Gasteiger partial charge on any atom is 0.257 e. The van der Waals surface area contributed by atoms with Gasteiger partial charge in [0.05, 0.1) is 31.6 Å². The summed E-state index contributed by atoms with van der Waals surface area (Å²) < 4.78 is 16.6. The lowest BCUT2D eigenvalue weighted by molar-refractivity contribution is 0.0322. The van der Waals surface area contributed by atoms with Gasteiger partial charge < -0.3 is 24.5 Å². The summed E-state index contributed by atoms with van der Waals surface area (Å²) in [5.41, 5.74) is 3.70. The van der Waals surface area contributed by atoms with E-state index in [0.717, 1.165) is 55.1 Å². The zero-order chi connectivity index (χ0) is 24.0. The number of halogens is 1. The Bertz CT molecular complexity index is 1300. The Morgan fingerprint density at radius 1 is 1.11 bits per heavy atom. The van der Waals surface area contributed by atoms with E-state index in [1.807, 2.05) is 42.5 Å². The fourth-order valence-corrected chi connectivity index (χ4v) is 4.15. The van der Waals surface area contributed by atoms with Gasteiger partial charge in [-0.15, -0.1) is 12.4 Å². The van der Waals surface area contributed by atoms with Gasteiger partial charge in [0.15, 0.2) is 0 Å². The molecule has 5 rings (SSSR count). The smallest absolute Gasteiger partial charge is 0.257 e. The van der Waals surface area contributed by atoms with Gasteiger partial charge in [0.25, 0.3) is 5.91 Å². The van der Waals surface area contributed by atoms with Crippen molar-refractivity contribution in [1.29, 1.82) is 0 Å². The highest BCUT2D eigenvalue weighted by molar-refractivity contribution is 6.13. The van der Waals surface area contributed by atoms with E-state index in [1.54, 1.807) is 31.6 Å². The second kappa shape index (κ2) is 11.9. The highest BCUT2D eigenvalue weighted by Gasteiger charge is 2.16. The Morgan fingerprint density at radius 2 is 1.89 bits per heavy atom. The number of H-pyrrole nitrogens is 1. The summed E-state index contributed by atoms with van der Waals surface area (Å²) in [4.78, 5) is 23.0. The van der Waals surface area contributed by atoms with Crippen molar-refractivity contribution in [3.05, 3.63) is 72.6 Å². The number of hydrogen-bond acceptors (Lipinski definition) is 6. The molecule has 1 saturated heterocycles. The molecule has 0 atom stereocenters.